The van der Waals surface area contributed by atoms with Crippen LogP contribution >= 0.6 is 0 Å². The van der Waals surface area contributed by atoms with Gasteiger partial charge in [0.25, 0.3) is 0 Å². The van der Waals surface area contributed by atoms with Crippen molar-refractivity contribution in [2.45, 2.75) is 59.2 Å². The van der Waals surface area contributed by atoms with Crippen molar-refractivity contribution in [3.05, 3.63) is 46.7 Å². The van der Waals surface area contributed by atoms with Crippen molar-refractivity contribution >= 4 is 11.7 Å². The first-order valence-corrected chi connectivity index (χ1v) is 10.6. The zero-order valence-electron chi connectivity index (χ0n) is 19.9. The highest BCUT2D eigenvalue weighted by atomic mass is 19.4. The third kappa shape index (κ3) is 7.86. The van der Waals surface area contributed by atoms with Gasteiger partial charge in [0.2, 0.25) is 18.3 Å². The third-order valence-corrected chi connectivity index (χ3v) is 4.58. The molecule has 2 rings (SSSR count). The number of carbonyl (C=O) groups excluding carboxylic acids is 1. The Morgan fingerprint density at radius 3 is 2.05 bits per heavy atom. The standard InChI is InChI=1S/C22H22F9N3O3/c1-5-8-34-16(36-11-37-17(35)19(2,3)4)10-15(22(29,30)31)33-18(34)32-14-7-6-12(20(23,24)25)9-13(14)21(26,27)28/h6-7,9-10H,5,8,11H2,1-4H3. The van der Waals surface area contributed by atoms with E-state index in [9.17, 15) is 44.3 Å². The number of nitrogens with zero attached hydrogens (tertiary/aromatic N) is 3. The fourth-order valence-corrected chi connectivity index (χ4v) is 2.78. The molecule has 0 aliphatic heterocycles. The SMILES string of the molecule is CCCn1c(OCOC(=O)C(C)(C)C)cc(C(F)(F)F)nc1=Nc1ccc(C(F)(F)F)cc1C(F)(F)F. The van der Waals surface area contributed by atoms with E-state index in [1.165, 1.54) is 20.8 Å². The van der Waals surface area contributed by atoms with Gasteiger partial charge in [-0.3, -0.25) is 9.36 Å². The molecule has 0 aliphatic rings. The summed E-state index contributed by atoms with van der Waals surface area (Å²) in [5, 5.41) is 0. The Morgan fingerprint density at radius 1 is 0.946 bits per heavy atom. The van der Waals surface area contributed by atoms with Crippen molar-refractivity contribution in [3.63, 3.8) is 0 Å². The molecule has 37 heavy (non-hydrogen) atoms. The lowest BCUT2D eigenvalue weighted by Gasteiger charge is -2.19. The average Bonchev–Trinajstić information content (AvgIpc) is 2.72. The van der Waals surface area contributed by atoms with Crippen molar-refractivity contribution in [1.29, 1.82) is 0 Å². The number of hydrogen-bond donors (Lipinski definition) is 0. The largest absolute Gasteiger partial charge is 0.442 e. The van der Waals surface area contributed by atoms with Crippen molar-refractivity contribution in [2.75, 3.05) is 6.79 Å². The number of ether oxygens (including phenoxy) is 2. The van der Waals surface area contributed by atoms with Crippen molar-refractivity contribution < 1.29 is 53.8 Å². The average molecular weight is 547 g/mol. The molecule has 2 aromatic rings. The number of esters is 1. The van der Waals surface area contributed by atoms with Crippen LogP contribution in [-0.4, -0.2) is 22.3 Å². The van der Waals surface area contributed by atoms with Gasteiger partial charge in [-0.2, -0.15) is 39.5 Å². The van der Waals surface area contributed by atoms with Gasteiger partial charge < -0.3 is 9.47 Å². The van der Waals surface area contributed by atoms with E-state index < -0.39 is 70.7 Å². The molecule has 0 spiro atoms. The fraction of sp³-hybridized carbons (Fsp3) is 0.500. The molecule has 0 amide bonds. The molecule has 0 radical (unpaired) electrons. The normalized spacial score (nSPS) is 13.6. The number of carbonyl (C=O) groups is 1. The van der Waals surface area contributed by atoms with Crippen LogP contribution in [0.5, 0.6) is 5.88 Å². The number of aromatic nitrogens is 2. The molecule has 1 aromatic carbocycles. The Hall–Kier alpha value is -3.26. The molecule has 206 valence electrons. The van der Waals surface area contributed by atoms with Crippen LogP contribution in [0.15, 0.2) is 29.3 Å². The van der Waals surface area contributed by atoms with Gasteiger partial charge in [-0.1, -0.05) is 6.92 Å². The molecule has 0 fully saturated rings. The fourth-order valence-electron chi connectivity index (χ4n) is 2.78. The van der Waals surface area contributed by atoms with Crippen LogP contribution < -0.4 is 10.4 Å². The Morgan fingerprint density at radius 2 is 1.57 bits per heavy atom. The Balaban J connectivity index is 2.75. The van der Waals surface area contributed by atoms with Crippen LogP contribution in [0.25, 0.3) is 0 Å². The molecule has 1 heterocycles. The summed E-state index contributed by atoms with van der Waals surface area (Å²) < 4.78 is 131. The lowest BCUT2D eigenvalue weighted by molar-refractivity contribution is -0.160. The number of benzene rings is 1. The molecule has 0 bridgehead atoms. The molecule has 0 aliphatic carbocycles. The molecule has 0 saturated carbocycles. The zero-order chi connectivity index (χ0) is 28.4. The van der Waals surface area contributed by atoms with Crippen LogP contribution in [0.2, 0.25) is 0 Å². The number of alkyl halides is 9. The summed E-state index contributed by atoms with van der Waals surface area (Å²) in [5.41, 5.74) is -8.03. The highest BCUT2D eigenvalue weighted by Crippen LogP contribution is 2.40. The van der Waals surface area contributed by atoms with Crippen molar-refractivity contribution in [3.8, 4) is 5.88 Å². The molecule has 1 aromatic heterocycles. The van der Waals surface area contributed by atoms with E-state index in [0.717, 1.165) is 4.57 Å². The van der Waals surface area contributed by atoms with Gasteiger partial charge >= 0.3 is 24.5 Å². The van der Waals surface area contributed by atoms with E-state index in [2.05, 4.69) is 9.98 Å². The first-order chi connectivity index (χ1) is 16.7. The van der Waals surface area contributed by atoms with Crippen molar-refractivity contribution in [2.24, 2.45) is 10.4 Å². The van der Waals surface area contributed by atoms with Gasteiger partial charge in [-0.25, -0.2) is 9.98 Å². The van der Waals surface area contributed by atoms with Gasteiger partial charge in [0.1, 0.15) is 0 Å². The lowest BCUT2D eigenvalue weighted by Crippen LogP contribution is -2.30. The van der Waals surface area contributed by atoms with Crippen LogP contribution in [0.4, 0.5) is 45.2 Å². The van der Waals surface area contributed by atoms with Crippen LogP contribution in [0.3, 0.4) is 0 Å². The van der Waals surface area contributed by atoms with Gasteiger partial charge in [-0.15, -0.1) is 0 Å². The zero-order valence-corrected chi connectivity index (χ0v) is 19.9. The van der Waals surface area contributed by atoms with Crippen molar-refractivity contribution in [1.82, 2.24) is 9.55 Å². The van der Waals surface area contributed by atoms with Gasteiger partial charge in [0, 0.05) is 12.6 Å². The highest BCUT2D eigenvalue weighted by Gasteiger charge is 2.39. The Kier molecular flexibility index (Phi) is 8.60. The minimum atomic E-state index is -5.32. The maximum atomic E-state index is 13.5. The summed E-state index contributed by atoms with van der Waals surface area (Å²) in [7, 11) is 0. The quantitative estimate of drug-likeness (QED) is 0.235. The molecule has 0 saturated heterocycles. The summed E-state index contributed by atoms with van der Waals surface area (Å²) in [5.74, 6) is -1.34. The first kappa shape index (κ1) is 30.0. The molecular formula is C22H22F9N3O3. The van der Waals surface area contributed by atoms with E-state index in [-0.39, 0.29) is 19.0 Å². The monoisotopic (exact) mass is 547 g/mol. The molecule has 0 unspecified atom stereocenters. The second kappa shape index (κ2) is 10.6. The first-order valence-electron chi connectivity index (χ1n) is 10.6. The molecule has 6 nitrogen and oxygen atoms in total. The summed E-state index contributed by atoms with van der Waals surface area (Å²) in [4.78, 5) is 18.8. The van der Waals surface area contributed by atoms with E-state index in [1.54, 1.807) is 6.92 Å². The predicted octanol–water partition coefficient (Wildman–Crippen LogP) is 6.51. The minimum Gasteiger partial charge on any atom is -0.442 e. The highest BCUT2D eigenvalue weighted by molar-refractivity contribution is 5.75. The summed E-state index contributed by atoms with van der Waals surface area (Å²) in [6, 6.07) is 0.946. The summed E-state index contributed by atoms with van der Waals surface area (Å²) >= 11 is 0. The molecular weight excluding hydrogens is 525 g/mol. The predicted molar refractivity (Wildman–Crippen MR) is 110 cm³/mol. The number of halogens is 9. The smallest absolute Gasteiger partial charge is 0.433 e. The molecule has 0 N–H and O–H groups in total. The van der Waals surface area contributed by atoms with Crippen LogP contribution in [0, 0.1) is 5.41 Å². The third-order valence-electron chi connectivity index (χ3n) is 4.58. The van der Waals surface area contributed by atoms with E-state index in [0.29, 0.717) is 18.2 Å². The van der Waals surface area contributed by atoms with E-state index >= 15 is 0 Å². The van der Waals surface area contributed by atoms with Gasteiger partial charge in [0.15, 0.2) is 5.69 Å². The second-order valence-corrected chi connectivity index (χ2v) is 8.71. The van der Waals surface area contributed by atoms with Gasteiger partial charge in [-0.05, 0) is 45.4 Å². The topological polar surface area (TPSA) is 65.7 Å². The van der Waals surface area contributed by atoms with E-state index in [1.807, 2.05) is 0 Å². The number of rotatable bonds is 6. The summed E-state index contributed by atoms with van der Waals surface area (Å²) in [6.45, 7) is 5.13. The maximum absolute atomic E-state index is 13.5. The second-order valence-electron chi connectivity index (χ2n) is 8.71. The maximum Gasteiger partial charge on any atom is 0.433 e. The number of hydrogen-bond acceptors (Lipinski definition) is 5. The summed E-state index contributed by atoms with van der Waals surface area (Å²) in [6.07, 6.45) is -15.3. The Labute approximate surface area is 204 Å². The molecule has 0 atom stereocenters. The molecule has 15 heteroatoms. The Bertz CT molecular complexity index is 1190. The van der Waals surface area contributed by atoms with Gasteiger partial charge in [0.05, 0.1) is 22.2 Å². The van der Waals surface area contributed by atoms with Crippen LogP contribution in [0.1, 0.15) is 50.9 Å². The van der Waals surface area contributed by atoms with E-state index in [4.69, 9.17) is 9.47 Å². The minimum absolute atomic E-state index is 0.158. The lowest BCUT2D eigenvalue weighted by atomic mass is 9.98. The van der Waals surface area contributed by atoms with Crippen LogP contribution in [-0.2, 0) is 34.6 Å².